The van der Waals surface area contributed by atoms with E-state index < -0.39 is 0 Å². The van der Waals surface area contributed by atoms with Crippen molar-refractivity contribution in [2.75, 3.05) is 32.1 Å². The lowest BCUT2D eigenvalue weighted by atomic mass is 9.96. The first-order chi connectivity index (χ1) is 14.1. The molecule has 1 unspecified atom stereocenters. The molecule has 4 nitrogen and oxygen atoms in total. The van der Waals surface area contributed by atoms with E-state index in [9.17, 15) is 4.79 Å². The van der Waals surface area contributed by atoms with E-state index in [1.165, 1.54) is 35.2 Å². The van der Waals surface area contributed by atoms with Gasteiger partial charge in [-0.2, -0.15) is 0 Å². The monoisotopic (exact) mass is 392 g/mol. The standard InChI is InChI=1S/C25H33N3O/c1-27(2)23-13-11-20(12-14-23)24(17-26-25(29)21-8-4-5-9-21)28-16-15-19-7-3-6-10-22(19)18-28/h3,6-7,10-14,21,24H,4-5,8-9,15-18H2,1-2H3,(H,26,29)/p+1/t24-/m1/s1. The quantitative estimate of drug-likeness (QED) is 0.793. The Morgan fingerprint density at radius 1 is 1.07 bits per heavy atom. The fraction of sp³-hybridized carbons (Fsp3) is 0.480. The summed E-state index contributed by atoms with van der Waals surface area (Å²) >= 11 is 0. The number of hydrogen-bond acceptors (Lipinski definition) is 2. The fourth-order valence-corrected chi connectivity index (χ4v) is 4.94. The van der Waals surface area contributed by atoms with E-state index >= 15 is 0 Å². The van der Waals surface area contributed by atoms with Crippen molar-refractivity contribution in [1.82, 2.24) is 5.32 Å². The number of quaternary nitrogens is 1. The lowest BCUT2D eigenvalue weighted by Gasteiger charge is -2.33. The van der Waals surface area contributed by atoms with Gasteiger partial charge in [-0.25, -0.2) is 0 Å². The summed E-state index contributed by atoms with van der Waals surface area (Å²) in [5.74, 6) is 0.484. The maximum atomic E-state index is 12.7. The van der Waals surface area contributed by atoms with Crippen molar-refractivity contribution in [2.45, 2.75) is 44.7 Å². The molecule has 2 aromatic rings. The van der Waals surface area contributed by atoms with E-state index in [1.54, 1.807) is 4.90 Å². The van der Waals surface area contributed by atoms with E-state index in [4.69, 9.17) is 0 Å². The first kappa shape index (κ1) is 20.0. The zero-order valence-electron chi connectivity index (χ0n) is 17.8. The van der Waals surface area contributed by atoms with Crippen LogP contribution in [0.4, 0.5) is 5.69 Å². The molecule has 29 heavy (non-hydrogen) atoms. The summed E-state index contributed by atoms with van der Waals surface area (Å²) in [7, 11) is 4.14. The third kappa shape index (κ3) is 4.64. The average Bonchev–Trinajstić information content (AvgIpc) is 3.29. The summed E-state index contributed by atoms with van der Waals surface area (Å²) in [6.07, 6.45) is 5.60. The van der Waals surface area contributed by atoms with Gasteiger partial charge in [0.2, 0.25) is 5.91 Å². The van der Waals surface area contributed by atoms with Crippen molar-refractivity contribution in [1.29, 1.82) is 0 Å². The summed E-state index contributed by atoms with van der Waals surface area (Å²) in [6.45, 7) is 2.85. The number of nitrogens with one attached hydrogen (secondary N) is 2. The summed E-state index contributed by atoms with van der Waals surface area (Å²) in [6, 6.07) is 18.0. The SMILES string of the molecule is CN(C)c1ccc([C@@H](CNC(=O)C2CCCC2)[NH+]2CCc3ccccc3C2)cc1. The Morgan fingerprint density at radius 2 is 1.76 bits per heavy atom. The minimum absolute atomic E-state index is 0.226. The van der Waals surface area contributed by atoms with E-state index in [1.807, 2.05) is 0 Å². The lowest BCUT2D eigenvalue weighted by molar-refractivity contribution is -0.945. The second-order valence-corrected chi connectivity index (χ2v) is 8.87. The van der Waals surface area contributed by atoms with Gasteiger partial charge >= 0.3 is 0 Å². The van der Waals surface area contributed by atoms with Gasteiger partial charge < -0.3 is 15.1 Å². The minimum atomic E-state index is 0.226. The Labute approximate surface area is 174 Å². The molecule has 2 aromatic carbocycles. The molecule has 0 radical (unpaired) electrons. The number of fused-ring (bicyclic) bond motifs is 1. The highest BCUT2D eigenvalue weighted by Crippen LogP contribution is 2.25. The van der Waals surface area contributed by atoms with Gasteiger partial charge in [-0.15, -0.1) is 0 Å². The summed E-state index contributed by atoms with van der Waals surface area (Å²) < 4.78 is 0. The van der Waals surface area contributed by atoms with Gasteiger partial charge in [0.25, 0.3) is 0 Å². The van der Waals surface area contributed by atoms with E-state index in [0.29, 0.717) is 6.54 Å². The number of benzene rings is 2. The number of anilines is 1. The second kappa shape index (κ2) is 9.00. The predicted octanol–water partition coefficient (Wildman–Crippen LogP) is 2.74. The topological polar surface area (TPSA) is 36.8 Å². The molecule has 2 aliphatic rings. The molecule has 4 heteroatoms. The normalized spacial score (nSPS) is 20.1. The zero-order chi connectivity index (χ0) is 20.2. The molecule has 2 N–H and O–H groups in total. The molecule has 4 rings (SSSR count). The number of amides is 1. The van der Waals surface area contributed by atoms with Crippen LogP contribution in [0.1, 0.15) is 48.4 Å². The van der Waals surface area contributed by atoms with Crippen molar-refractivity contribution in [2.24, 2.45) is 5.92 Å². The van der Waals surface area contributed by atoms with Gasteiger partial charge in [-0.05, 0) is 30.5 Å². The Balaban J connectivity index is 1.52. The van der Waals surface area contributed by atoms with Gasteiger partial charge in [-0.3, -0.25) is 4.79 Å². The van der Waals surface area contributed by atoms with Gasteiger partial charge in [0, 0.05) is 43.2 Å². The minimum Gasteiger partial charge on any atom is -0.378 e. The van der Waals surface area contributed by atoms with Crippen LogP contribution in [0.2, 0.25) is 0 Å². The van der Waals surface area contributed by atoms with Gasteiger partial charge in [-0.1, -0.05) is 49.2 Å². The van der Waals surface area contributed by atoms with E-state index in [2.05, 4.69) is 72.8 Å². The predicted molar refractivity (Wildman–Crippen MR) is 118 cm³/mol. The molecule has 1 aliphatic heterocycles. The number of hydrogen-bond donors (Lipinski definition) is 2. The molecule has 154 valence electrons. The molecule has 0 saturated heterocycles. The van der Waals surface area contributed by atoms with Crippen LogP contribution in [-0.4, -0.2) is 33.1 Å². The average molecular weight is 393 g/mol. The largest absolute Gasteiger partial charge is 0.378 e. The first-order valence-electron chi connectivity index (χ1n) is 11.1. The first-order valence-corrected chi connectivity index (χ1v) is 11.1. The molecule has 1 amide bonds. The van der Waals surface area contributed by atoms with Crippen LogP contribution in [-0.2, 0) is 17.8 Å². The van der Waals surface area contributed by atoms with Crippen LogP contribution in [0.5, 0.6) is 0 Å². The van der Waals surface area contributed by atoms with Gasteiger partial charge in [0.15, 0.2) is 0 Å². The highest BCUT2D eigenvalue weighted by Gasteiger charge is 2.30. The van der Waals surface area contributed by atoms with Crippen LogP contribution in [0, 0.1) is 5.92 Å². The third-order valence-electron chi connectivity index (χ3n) is 6.76. The lowest BCUT2D eigenvalue weighted by Crippen LogP contribution is -3.12. The third-order valence-corrected chi connectivity index (χ3v) is 6.76. The Kier molecular flexibility index (Phi) is 6.19. The summed E-state index contributed by atoms with van der Waals surface area (Å²) in [4.78, 5) is 16.4. The maximum absolute atomic E-state index is 12.7. The van der Waals surface area contributed by atoms with Crippen molar-refractivity contribution < 1.29 is 9.69 Å². The smallest absolute Gasteiger partial charge is 0.223 e. The number of rotatable bonds is 6. The molecule has 1 saturated carbocycles. The van der Waals surface area contributed by atoms with Crippen LogP contribution in [0.15, 0.2) is 48.5 Å². The number of carbonyl (C=O) groups is 1. The number of nitrogens with zero attached hydrogens (tertiary/aromatic N) is 1. The highest BCUT2D eigenvalue weighted by atomic mass is 16.1. The molecule has 1 aliphatic carbocycles. The van der Waals surface area contributed by atoms with Crippen molar-refractivity contribution in [3.05, 3.63) is 65.2 Å². The Bertz CT molecular complexity index is 824. The molecule has 0 aromatic heterocycles. The molecule has 2 atom stereocenters. The Morgan fingerprint density at radius 3 is 2.45 bits per heavy atom. The number of carbonyl (C=O) groups excluding carboxylic acids is 1. The molecule has 0 spiro atoms. The van der Waals surface area contributed by atoms with Crippen molar-refractivity contribution >= 4 is 11.6 Å². The molecule has 1 heterocycles. The fourth-order valence-electron chi connectivity index (χ4n) is 4.94. The van der Waals surface area contributed by atoms with E-state index in [-0.39, 0.29) is 17.9 Å². The van der Waals surface area contributed by atoms with Crippen LogP contribution in [0.25, 0.3) is 0 Å². The molecule has 0 bridgehead atoms. The van der Waals surface area contributed by atoms with E-state index in [0.717, 1.165) is 32.4 Å². The van der Waals surface area contributed by atoms with Gasteiger partial charge in [0.1, 0.15) is 12.6 Å². The summed E-state index contributed by atoms with van der Waals surface area (Å²) in [5.41, 5.74) is 5.46. The zero-order valence-corrected chi connectivity index (χ0v) is 17.8. The van der Waals surface area contributed by atoms with Gasteiger partial charge in [0.05, 0.1) is 13.1 Å². The molecular weight excluding hydrogens is 358 g/mol. The maximum Gasteiger partial charge on any atom is 0.223 e. The molecular formula is C25H34N3O+. The summed E-state index contributed by atoms with van der Waals surface area (Å²) in [5, 5.41) is 3.31. The van der Waals surface area contributed by atoms with Crippen LogP contribution < -0.4 is 15.1 Å². The second-order valence-electron chi connectivity index (χ2n) is 8.87. The van der Waals surface area contributed by atoms with Crippen molar-refractivity contribution in [3.63, 3.8) is 0 Å². The van der Waals surface area contributed by atoms with Crippen molar-refractivity contribution in [3.8, 4) is 0 Å². The van der Waals surface area contributed by atoms with Crippen LogP contribution >= 0.6 is 0 Å². The molecule has 1 fully saturated rings. The Hall–Kier alpha value is -2.33. The highest BCUT2D eigenvalue weighted by molar-refractivity contribution is 5.78. The van der Waals surface area contributed by atoms with Crippen LogP contribution in [0.3, 0.4) is 0 Å².